The summed E-state index contributed by atoms with van der Waals surface area (Å²) in [4.78, 5) is 4.44. The molecule has 2 aromatic rings. The molecule has 0 aliphatic rings. The number of nitrogens with two attached hydrogens (primary N) is 1. The molecule has 0 saturated heterocycles. The van der Waals surface area contributed by atoms with E-state index in [1.54, 1.807) is 7.11 Å². The molecule has 1 unspecified atom stereocenters. The third-order valence-corrected chi connectivity index (χ3v) is 2.89. The first-order chi connectivity index (χ1) is 8.20. The molecule has 1 aromatic heterocycles. The first kappa shape index (κ1) is 11.9. The van der Waals surface area contributed by atoms with Crippen LogP contribution in [0.2, 0.25) is 0 Å². The Hall–Kier alpha value is -1.61. The van der Waals surface area contributed by atoms with E-state index in [2.05, 4.69) is 11.1 Å². The Morgan fingerprint density at radius 2 is 2.18 bits per heavy atom. The number of aryl methyl sites for hydroxylation is 1. The van der Waals surface area contributed by atoms with Gasteiger partial charge in [0.1, 0.15) is 5.75 Å². The molecule has 3 heteroatoms. The summed E-state index contributed by atoms with van der Waals surface area (Å²) in [5.74, 6) is 0.877. The number of nitrogens with zero attached hydrogens (tertiary/aromatic N) is 1. The molecule has 90 valence electrons. The van der Waals surface area contributed by atoms with Crippen molar-refractivity contribution in [2.45, 2.75) is 25.8 Å². The summed E-state index contributed by atoms with van der Waals surface area (Å²) in [5, 5.41) is 2.35. The van der Waals surface area contributed by atoms with E-state index >= 15 is 0 Å². The summed E-state index contributed by atoms with van der Waals surface area (Å²) >= 11 is 0. The van der Waals surface area contributed by atoms with Crippen LogP contribution in [0, 0.1) is 0 Å². The van der Waals surface area contributed by atoms with Gasteiger partial charge in [-0.1, -0.05) is 0 Å². The summed E-state index contributed by atoms with van der Waals surface area (Å²) in [6, 6.07) is 8.29. The standard InChI is InChI=1S/C14H18N2O/c1-10(15)3-6-14-13-5-4-12(17-2)9-11(13)7-8-16-14/h4-5,7-10H,3,6,15H2,1-2H3. The van der Waals surface area contributed by atoms with E-state index in [1.807, 2.05) is 31.3 Å². The Labute approximate surface area is 102 Å². The second-order valence-corrected chi connectivity index (χ2v) is 4.36. The van der Waals surface area contributed by atoms with Gasteiger partial charge in [0.25, 0.3) is 0 Å². The van der Waals surface area contributed by atoms with E-state index in [4.69, 9.17) is 10.5 Å². The molecule has 0 spiro atoms. The van der Waals surface area contributed by atoms with Crippen molar-refractivity contribution < 1.29 is 4.74 Å². The molecule has 0 aliphatic heterocycles. The van der Waals surface area contributed by atoms with Crippen LogP contribution in [-0.2, 0) is 6.42 Å². The number of hydrogen-bond acceptors (Lipinski definition) is 3. The van der Waals surface area contributed by atoms with Gasteiger partial charge in [0.15, 0.2) is 0 Å². The number of rotatable bonds is 4. The summed E-state index contributed by atoms with van der Waals surface area (Å²) in [5.41, 5.74) is 6.90. The van der Waals surface area contributed by atoms with E-state index < -0.39 is 0 Å². The lowest BCUT2D eigenvalue weighted by molar-refractivity contribution is 0.415. The van der Waals surface area contributed by atoms with Crippen molar-refractivity contribution in [3.8, 4) is 5.75 Å². The predicted molar refractivity (Wildman–Crippen MR) is 70.3 cm³/mol. The Balaban J connectivity index is 2.36. The van der Waals surface area contributed by atoms with E-state index in [9.17, 15) is 0 Å². The van der Waals surface area contributed by atoms with Crippen LogP contribution in [-0.4, -0.2) is 18.1 Å². The predicted octanol–water partition coefficient (Wildman–Crippen LogP) is 2.52. The number of pyridine rings is 1. The number of hydrogen-bond donors (Lipinski definition) is 1. The Morgan fingerprint density at radius 1 is 1.35 bits per heavy atom. The molecular weight excluding hydrogens is 212 g/mol. The fourth-order valence-corrected chi connectivity index (χ4v) is 1.91. The van der Waals surface area contributed by atoms with Crippen molar-refractivity contribution in [2.24, 2.45) is 5.73 Å². The highest BCUT2D eigenvalue weighted by Crippen LogP contribution is 2.23. The minimum absolute atomic E-state index is 0.213. The third-order valence-electron chi connectivity index (χ3n) is 2.89. The lowest BCUT2D eigenvalue weighted by Gasteiger charge is -2.08. The first-order valence-corrected chi connectivity index (χ1v) is 5.88. The molecule has 0 aliphatic carbocycles. The lowest BCUT2D eigenvalue weighted by Crippen LogP contribution is -2.15. The molecule has 1 aromatic carbocycles. The van der Waals surface area contributed by atoms with Crippen molar-refractivity contribution in [3.05, 3.63) is 36.2 Å². The van der Waals surface area contributed by atoms with E-state index in [1.165, 1.54) is 10.8 Å². The largest absolute Gasteiger partial charge is 0.497 e. The van der Waals surface area contributed by atoms with Crippen molar-refractivity contribution in [3.63, 3.8) is 0 Å². The van der Waals surface area contributed by atoms with Gasteiger partial charge in [-0.3, -0.25) is 4.98 Å². The van der Waals surface area contributed by atoms with Crippen LogP contribution in [0.1, 0.15) is 19.0 Å². The number of benzene rings is 1. The Morgan fingerprint density at radius 3 is 2.88 bits per heavy atom. The highest BCUT2D eigenvalue weighted by Gasteiger charge is 2.04. The Kier molecular flexibility index (Phi) is 3.59. The van der Waals surface area contributed by atoms with Crippen molar-refractivity contribution in [2.75, 3.05) is 7.11 Å². The minimum atomic E-state index is 0.213. The monoisotopic (exact) mass is 230 g/mol. The van der Waals surface area contributed by atoms with Gasteiger partial charge in [0.05, 0.1) is 7.11 Å². The van der Waals surface area contributed by atoms with Gasteiger partial charge < -0.3 is 10.5 Å². The van der Waals surface area contributed by atoms with Gasteiger partial charge in [0, 0.05) is 23.3 Å². The molecular formula is C14H18N2O. The smallest absolute Gasteiger partial charge is 0.119 e. The fourth-order valence-electron chi connectivity index (χ4n) is 1.91. The molecule has 3 nitrogen and oxygen atoms in total. The van der Waals surface area contributed by atoms with Crippen molar-refractivity contribution in [1.82, 2.24) is 4.98 Å². The van der Waals surface area contributed by atoms with Crippen molar-refractivity contribution >= 4 is 10.8 Å². The van der Waals surface area contributed by atoms with Crippen LogP contribution in [0.4, 0.5) is 0 Å². The van der Waals surface area contributed by atoms with Crippen LogP contribution < -0.4 is 10.5 Å². The highest BCUT2D eigenvalue weighted by atomic mass is 16.5. The number of methoxy groups -OCH3 is 1. The zero-order valence-corrected chi connectivity index (χ0v) is 10.3. The molecule has 0 bridgehead atoms. The molecule has 2 rings (SSSR count). The highest BCUT2D eigenvalue weighted by molar-refractivity contribution is 5.85. The molecule has 2 N–H and O–H groups in total. The van der Waals surface area contributed by atoms with E-state index in [-0.39, 0.29) is 6.04 Å². The molecule has 0 fully saturated rings. The molecule has 1 heterocycles. The zero-order valence-electron chi connectivity index (χ0n) is 10.3. The maximum atomic E-state index is 5.78. The van der Waals surface area contributed by atoms with Crippen LogP contribution in [0.3, 0.4) is 0 Å². The molecule has 1 atom stereocenters. The number of aromatic nitrogens is 1. The third kappa shape index (κ3) is 2.74. The SMILES string of the molecule is COc1ccc2c(CCC(C)N)nccc2c1. The fraction of sp³-hybridized carbons (Fsp3) is 0.357. The van der Waals surface area contributed by atoms with Gasteiger partial charge in [-0.15, -0.1) is 0 Å². The maximum absolute atomic E-state index is 5.78. The summed E-state index contributed by atoms with van der Waals surface area (Å²) in [7, 11) is 1.68. The maximum Gasteiger partial charge on any atom is 0.119 e. The number of ether oxygens (including phenoxy) is 1. The van der Waals surface area contributed by atoms with Crippen molar-refractivity contribution in [1.29, 1.82) is 0 Å². The molecule has 0 radical (unpaired) electrons. The molecule has 17 heavy (non-hydrogen) atoms. The minimum Gasteiger partial charge on any atom is -0.497 e. The molecule has 0 saturated carbocycles. The average Bonchev–Trinajstić information content (AvgIpc) is 2.35. The van der Waals surface area contributed by atoms with E-state index in [0.29, 0.717) is 0 Å². The van der Waals surface area contributed by atoms with Crippen LogP contribution in [0.25, 0.3) is 10.8 Å². The zero-order chi connectivity index (χ0) is 12.3. The normalized spacial score (nSPS) is 12.6. The van der Waals surface area contributed by atoms with Crippen LogP contribution >= 0.6 is 0 Å². The van der Waals surface area contributed by atoms with Crippen LogP contribution in [0.5, 0.6) is 5.75 Å². The van der Waals surface area contributed by atoms with Gasteiger partial charge >= 0.3 is 0 Å². The van der Waals surface area contributed by atoms with Crippen LogP contribution in [0.15, 0.2) is 30.5 Å². The topological polar surface area (TPSA) is 48.1 Å². The second kappa shape index (κ2) is 5.15. The van der Waals surface area contributed by atoms with Gasteiger partial charge in [-0.25, -0.2) is 0 Å². The molecule has 0 amide bonds. The van der Waals surface area contributed by atoms with Gasteiger partial charge in [0.2, 0.25) is 0 Å². The first-order valence-electron chi connectivity index (χ1n) is 5.88. The summed E-state index contributed by atoms with van der Waals surface area (Å²) < 4.78 is 5.22. The average molecular weight is 230 g/mol. The second-order valence-electron chi connectivity index (χ2n) is 4.36. The summed E-state index contributed by atoms with van der Waals surface area (Å²) in [6.07, 6.45) is 3.72. The quantitative estimate of drug-likeness (QED) is 0.878. The lowest BCUT2D eigenvalue weighted by atomic mass is 10.0. The van der Waals surface area contributed by atoms with Gasteiger partial charge in [-0.05, 0) is 49.4 Å². The number of fused-ring (bicyclic) bond motifs is 1. The Bertz CT molecular complexity index is 509. The summed E-state index contributed by atoms with van der Waals surface area (Å²) in [6.45, 7) is 2.02. The van der Waals surface area contributed by atoms with E-state index in [0.717, 1.165) is 24.3 Å². The van der Waals surface area contributed by atoms with Gasteiger partial charge in [-0.2, -0.15) is 0 Å².